The quantitative estimate of drug-likeness (QED) is 0.777. The molecule has 0 aliphatic rings. The van der Waals surface area contributed by atoms with Crippen molar-refractivity contribution in [2.75, 3.05) is 11.0 Å². The summed E-state index contributed by atoms with van der Waals surface area (Å²) >= 11 is 0. The number of anilines is 1. The molecule has 3 nitrogen and oxygen atoms in total. The molecule has 1 heterocycles. The Kier molecular flexibility index (Phi) is 3.16. The Balaban J connectivity index is 3.08. The van der Waals surface area contributed by atoms with E-state index in [0.717, 1.165) is 11.4 Å². The Morgan fingerprint density at radius 3 is 2.71 bits per heavy atom. The average Bonchev–Trinajstić information content (AvgIpc) is 2.01. The van der Waals surface area contributed by atoms with E-state index < -0.39 is 9.71 Å². The Hall–Kier alpha value is -1.03. The largest absolute Gasteiger partial charge is 0.311 e. The average molecular weight is 212 g/mol. The minimum absolute atomic E-state index is 0.306. The minimum atomic E-state index is -2.22. The van der Waals surface area contributed by atoms with Crippen LogP contribution in [0, 0.1) is 0 Å². The molecule has 0 bridgehead atoms. The molecule has 1 atom stereocenters. The van der Waals surface area contributed by atoms with Gasteiger partial charge in [-0.05, 0) is 23.9 Å². The van der Waals surface area contributed by atoms with Crippen LogP contribution >= 0.6 is 0 Å². The highest BCUT2D eigenvalue weighted by Gasteiger charge is 2.08. The number of nitrogens with zero attached hydrogens (tertiary/aromatic N) is 1. The monoisotopic (exact) mass is 212 g/mol. The lowest BCUT2D eigenvalue weighted by Crippen LogP contribution is -2.12. The van der Waals surface area contributed by atoms with Gasteiger partial charge in [0.25, 0.3) is 0 Å². The summed E-state index contributed by atoms with van der Waals surface area (Å²) in [6, 6.07) is 3.69. The van der Waals surface area contributed by atoms with Gasteiger partial charge in [0, 0.05) is 22.2 Å². The summed E-state index contributed by atoms with van der Waals surface area (Å²) in [5, 5.41) is 0. The first-order valence-corrected chi connectivity index (χ1v) is 6.58. The van der Waals surface area contributed by atoms with Gasteiger partial charge in [-0.1, -0.05) is 13.8 Å². The summed E-state index contributed by atoms with van der Waals surface area (Å²) in [6.07, 6.45) is 3.31. The van der Waals surface area contributed by atoms with E-state index in [-0.39, 0.29) is 0 Å². The highest BCUT2D eigenvalue weighted by Crippen LogP contribution is 2.21. The van der Waals surface area contributed by atoms with Crippen molar-refractivity contribution < 1.29 is 4.21 Å². The molecule has 1 aromatic heterocycles. The number of aromatic nitrogens is 1. The van der Waals surface area contributed by atoms with Crippen LogP contribution in [0.3, 0.4) is 0 Å². The Labute approximate surface area is 85.7 Å². The van der Waals surface area contributed by atoms with Crippen LogP contribution in [-0.4, -0.2) is 21.3 Å². The van der Waals surface area contributed by atoms with Crippen molar-refractivity contribution in [3.8, 4) is 0 Å². The molecule has 0 aliphatic heterocycles. The zero-order valence-corrected chi connectivity index (χ0v) is 9.60. The fourth-order valence-electron chi connectivity index (χ4n) is 1.20. The van der Waals surface area contributed by atoms with Crippen molar-refractivity contribution in [3.05, 3.63) is 24.0 Å². The summed E-state index contributed by atoms with van der Waals surface area (Å²) in [6.45, 7) is 4.10. The van der Waals surface area contributed by atoms with Gasteiger partial charge >= 0.3 is 0 Å². The molecule has 4 heteroatoms. The lowest BCUT2D eigenvalue weighted by atomic mass is 10.1. The van der Waals surface area contributed by atoms with Gasteiger partial charge in [0.15, 0.2) is 0 Å². The molecule has 0 spiro atoms. The maximum Gasteiger partial charge on any atom is 0.0675 e. The van der Waals surface area contributed by atoms with Crippen LogP contribution in [-0.2, 0) is 9.71 Å². The van der Waals surface area contributed by atoms with Crippen LogP contribution in [0.4, 0.5) is 5.69 Å². The number of hydrogen-bond acceptors (Lipinski definition) is 2. The molecular weight excluding hydrogens is 196 g/mol. The highest BCUT2D eigenvalue weighted by molar-refractivity contribution is 8.00. The second-order valence-electron chi connectivity index (χ2n) is 3.70. The predicted octanol–water partition coefficient (Wildman–Crippen LogP) is 1.88. The van der Waals surface area contributed by atoms with E-state index in [1.165, 1.54) is 0 Å². The van der Waals surface area contributed by atoms with E-state index in [9.17, 15) is 4.21 Å². The van der Waals surface area contributed by atoms with E-state index >= 15 is 0 Å². The lowest BCUT2D eigenvalue weighted by molar-refractivity contribution is 0.688. The molecule has 14 heavy (non-hydrogen) atoms. The maximum atomic E-state index is 11.5. The van der Waals surface area contributed by atoms with Crippen LogP contribution in [0.1, 0.15) is 25.5 Å². The topological polar surface area (TPSA) is 42.0 Å². The zero-order chi connectivity index (χ0) is 10.8. The zero-order valence-electron chi connectivity index (χ0n) is 8.78. The first-order valence-electron chi connectivity index (χ1n) is 4.45. The molecule has 78 valence electrons. The molecule has 0 fully saturated rings. The van der Waals surface area contributed by atoms with Crippen molar-refractivity contribution in [3.63, 3.8) is 0 Å². The number of hydrogen-bond donors (Lipinski definition) is 1. The number of rotatable bonds is 3. The normalized spacial score (nSPS) is 15.1. The predicted molar refractivity (Wildman–Crippen MR) is 63.1 cm³/mol. The van der Waals surface area contributed by atoms with Crippen LogP contribution < -0.4 is 4.72 Å². The fraction of sp³-hybridized carbons (Fsp3) is 0.400. The Morgan fingerprint density at radius 2 is 2.21 bits per heavy atom. The van der Waals surface area contributed by atoms with Crippen LogP contribution in [0.2, 0.25) is 0 Å². The molecule has 0 aromatic carbocycles. The van der Waals surface area contributed by atoms with Gasteiger partial charge in [-0.15, -0.1) is 0 Å². The minimum Gasteiger partial charge on any atom is -0.311 e. The van der Waals surface area contributed by atoms with Crippen molar-refractivity contribution in [2.45, 2.75) is 19.8 Å². The first-order chi connectivity index (χ1) is 6.40. The smallest absolute Gasteiger partial charge is 0.0675 e. The van der Waals surface area contributed by atoms with E-state index in [2.05, 4.69) is 15.6 Å². The van der Waals surface area contributed by atoms with Gasteiger partial charge in [0.05, 0.1) is 11.4 Å². The van der Waals surface area contributed by atoms with E-state index in [4.69, 9.17) is 0 Å². The second kappa shape index (κ2) is 4.00. The molecule has 0 saturated carbocycles. The molecule has 0 radical (unpaired) electrons. The highest BCUT2D eigenvalue weighted by atomic mass is 32.2. The van der Waals surface area contributed by atoms with E-state index in [1.807, 2.05) is 26.0 Å². The molecule has 0 amide bonds. The van der Waals surface area contributed by atoms with Crippen LogP contribution in [0.5, 0.6) is 0 Å². The van der Waals surface area contributed by atoms with Gasteiger partial charge in [0.2, 0.25) is 0 Å². The summed E-state index contributed by atoms with van der Waals surface area (Å²) in [4.78, 5) is 4.25. The maximum absolute atomic E-state index is 11.5. The van der Waals surface area contributed by atoms with E-state index in [0.29, 0.717) is 5.92 Å². The summed E-state index contributed by atoms with van der Waals surface area (Å²) in [5.41, 5.74) is 1.73. The third-order valence-electron chi connectivity index (χ3n) is 1.71. The molecule has 0 saturated heterocycles. The van der Waals surface area contributed by atoms with Gasteiger partial charge in [-0.3, -0.25) is 4.98 Å². The lowest BCUT2D eigenvalue weighted by Gasteiger charge is -2.13. The first kappa shape index (κ1) is 11.0. The molecule has 0 aliphatic carbocycles. The second-order valence-corrected chi connectivity index (χ2v) is 5.91. The Morgan fingerprint density at radius 1 is 1.57 bits per heavy atom. The summed E-state index contributed by atoms with van der Waals surface area (Å²) in [5.74, 6) is 3.86. The Bertz CT molecular complexity index is 410. The SMILES string of the molecule is C=S(C)(=O)Nc1cccnc1C(C)C. The van der Waals surface area contributed by atoms with Crippen LogP contribution in [0.15, 0.2) is 18.3 Å². The van der Waals surface area contributed by atoms with Crippen molar-refractivity contribution in [1.82, 2.24) is 4.98 Å². The third-order valence-corrected chi connectivity index (χ3v) is 2.36. The van der Waals surface area contributed by atoms with Crippen LogP contribution in [0.25, 0.3) is 0 Å². The molecule has 1 rings (SSSR count). The van der Waals surface area contributed by atoms with Gasteiger partial charge in [-0.2, -0.15) is 0 Å². The molecule has 1 unspecified atom stereocenters. The molecule has 1 N–H and O–H groups in total. The standard InChI is InChI=1S/C10H16N2OS/c1-8(2)10-9(6-5-7-11-10)12-14(3,4)13/h5-8H,3H2,1-2,4H3,(H,12,13). The summed E-state index contributed by atoms with van der Waals surface area (Å²) < 4.78 is 14.4. The fourth-order valence-corrected chi connectivity index (χ4v) is 1.83. The summed E-state index contributed by atoms with van der Waals surface area (Å²) in [7, 11) is -2.22. The van der Waals surface area contributed by atoms with Gasteiger partial charge in [-0.25, -0.2) is 4.21 Å². The van der Waals surface area contributed by atoms with Crippen molar-refractivity contribution in [2.24, 2.45) is 0 Å². The third kappa shape index (κ3) is 3.03. The van der Waals surface area contributed by atoms with E-state index in [1.54, 1.807) is 12.5 Å². The molecular formula is C10H16N2OS. The molecule has 1 aromatic rings. The van der Waals surface area contributed by atoms with Gasteiger partial charge in [0.1, 0.15) is 0 Å². The van der Waals surface area contributed by atoms with Gasteiger partial charge < -0.3 is 4.72 Å². The number of nitrogens with one attached hydrogen (secondary N) is 1. The number of pyridine rings is 1. The van der Waals surface area contributed by atoms with Crippen molar-refractivity contribution >= 4 is 21.3 Å². The van der Waals surface area contributed by atoms with Crippen molar-refractivity contribution in [1.29, 1.82) is 0 Å².